The van der Waals surface area contributed by atoms with Gasteiger partial charge >= 0.3 is 0 Å². The van der Waals surface area contributed by atoms with Crippen molar-refractivity contribution < 1.29 is 18.9 Å². The minimum absolute atomic E-state index is 0.225. The molecule has 1 atom stereocenters. The second-order valence-corrected chi connectivity index (χ2v) is 5.36. The molecule has 0 aromatic heterocycles. The van der Waals surface area contributed by atoms with Crippen LogP contribution in [0.2, 0.25) is 0 Å². The van der Waals surface area contributed by atoms with E-state index in [0.717, 1.165) is 35.0 Å². The summed E-state index contributed by atoms with van der Waals surface area (Å²) in [7, 11) is 1.65. The summed E-state index contributed by atoms with van der Waals surface area (Å²) in [5, 5.41) is 0. The van der Waals surface area contributed by atoms with Gasteiger partial charge in [-0.05, 0) is 60.8 Å². The molecule has 122 valence electrons. The van der Waals surface area contributed by atoms with Gasteiger partial charge in [-0.15, -0.1) is 0 Å². The van der Waals surface area contributed by atoms with Crippen LogP contribution >= 0.6 is 0 Å². The molecule has 2 aromatic rings. The Hall–Kier alpha value is -2.40. The molecule has 1 aliphatic rings. The fourth-order valence-electron chi connectivity index (χ4n) is 2.58. The van der Waals surface area contributed by atoms with Crippen molar-refractivity contribution >= 4 is 0 Å². The van der Waals surface area contributed by atoms with E-state index in [4.69, 9.17) is 24.7 Å². The van der Waals surface area contributed by atoms with Crippen molar-refractivity contribution in [2.24, 2.45) is 5.73 Å². The number of fused-ring (bicyclic) bond motifs is 1. The summed E-state index contributed by atoms with van der Waals surface area (Å²) in [5.41, 5.74) is 7.07. The first kappa shape index (κ1) is 15.5. The van der Waals surface area contributed by atoms with E-state index in [1.165, 1.54) is 0 Å². The summed E-state index contributed by atoms with van der Waals surface area (Å²) in [6.45, 7) is 1.45. The van der Waals surface area contributed by atoms with Crippen LogP contribution < -0.4 is 24.7 Å². The monoisotopic (exact) mass is 315 g/mol. The quantitative estimate of drug-likeness (QED) is 0.851. The fourth-order valence-corrected chi connectivity index (χ4v) is 2.58. The second kappa shape index (κ2) is 7.24. The maximum absolute atomic E-state index is 5.92. The highest BCUT2D eigenvalue weighted by atomic mass is 16.7. The molecule has 2 aromatic carbocycles. The van der Waals surface area contributed by atoms with Gasteiger partial charge in [0, 0.05) is 0 Å². The van der Waals surface area contributed by atoms with Crippen LogP contribution in [0.15, 0.2) is 42.5 Å². The summed E-state index contributed by atoms with van der Waals surface area (Å²) in [5.74, 6) is 3.45. The van der Waals surface area contributed by atoms with Crippen molar-refractivity contribution in [3.8, 4) is 23.0 Å². The summed E-state index contributed by atoms with van der Waals surface area (Å²) in [6.07, 6.45) is 0.835. The number of rotatable bonds is 7. The zero-order valence-corrected chi connectivity index (χ0v) is 13.2. The second-order valence-electron chi connectivity index (χ2n) is 5.36. The minimum atomic E-state index is 0.225. The highest BCUT2D eigenvalue weighted by molar-refractivity contribution is 5.45. The van der Waals surface area contributed by atoms with E-state index in [2.05, 4.69) is 0 Å². The number of nitrogens with two attached hydrogens (primary N) is 1. The molecule has 23 heavy (non-hydrogen) atoms. The molecule has 5 heteroatoms. The zero-order valence-electron chi connectivity index (χ0n) is 13.2. The smallest absolute Gasteiger partial charge is 0.231 e. The molecular formula is C18H21NO4. The van der Waals surface area contributed by atoms with E-state index in [1.54, 1.807) is 7.11 Å². The Balaban J connectivity index is 1.56. The molecule has 1 unspecified atom stereocenters. The normalized spacial score (nSPS) is 13.7. The van der Waals surface area contributed by atoms with Crippen LogP contribution in [0.25, 0.3) is 0 Å². The van der Waals surface area contributed by atoms with E-state index in [0.29, 0.717) is 13.2 Å². The molecule has 1 aliphatic heterocycles. The molecule has 0 spiro atoms. The third-order valence-electron chi connectivity index (χ3n) is 3.95. The molecule has 2 N–H and O–H groups in total. The summed E-state index contributed by atoms with van der Waals surface area (Å²) >= 11 is 0. The van der Waals surface area contributed by atoms with Gasteiger partial charge in [0.05, 0.1) is 13.7 Å². The lowest BCUT2D eigenvalue weighted by molar-refractivity contribution is 0.174. The number of ether oxygens (including phenoxy) is 4. The van der Waals surface area contributed by atoms with Gasteiger partial charge in [-0.3, -0.25) is 0 Å². The first-order valence-electron chi connectivity index (χ1n) is 7.66. The first-order chi connectivity index (χ1) is 11.3. The average molecular weight is 315 g/mol. The molecule has 1 heterocycles. The number of hydrogen-bond donors (Lipinski definition) is 1. The van der Waals surface area contributed by atoms with Gasteiger partial charge in [-0.1, -0.05) is 6.07 Å². The van der Waals surface area contributed by atoms with E-state index in [9.17, 15) is 0 Å². The Kier molecular flexibility index (Phi) is 4.88. The predicted octanol–water partition coefficient (Wildman–Crippen LogP) is 2.94. The van der Waals surface area contributed by atoms with Crippen LogP contribution in [0, 0.1) is 0 Å². The summed E-state index contributed by atoms with van der Waals surface area (Å²) in [6, 6.07) is 13.5. The van der Waals surface area contributed by atoms with Gasteiger partial charge in [-0.25, -0.2) is 0 Å². The van der Waals surface area contributed by atoms with Crippen LogP contribution in [0.5, 0.6) is 23.0 Å². The topological polar surface area (TPSA) is 62.9 Å². The van der Waals surface area contributed by atoms with Crippen LogP contribution in [0.1, 0.15) is 17.9 Å². The Morgan fingerprint density at radius 3 is 2.52 bits per heavy atom. The van der Waals surface area contributed by atoms with E-state index >= 15 is 0 Å². The standard InChI is InChI=1S/C18H21NO4/c1-20-15-3-5-16(6-4-15)21-9-8-14(11-19)13-2-7-17-18(10-13)23-12-22-17/h2-7,10,14H,8-9,11-12,19H2,1H3. The molecule has 0 saturated heterocycles. The summed E-state index contributed by atoms with van der Waals surface area (Å²) < 4.78 is 21.7. The molecule has 0 amide bonds. The van der Waals surface area contributed by atoms with Crippen LogP contribution in [-0.4, -0.2) is 27.1 Å². The van der Waals surface area contributed by atoms with Gasteiger partial charge in [0.25, 0.3) is 0 Å². The van der Waals surface area contributed by atoms with Gasteiger partial charge in [-0.2, -0.15) is 0 Å². The van der Waals surface area contributed by atoms with Crippen molar-refractivity contribution in [3.63, 3.8) is 0 Å². The maximum Gasteiger partial charge on any atom is 0.231 e. The predicted molar refractivity (Wildman–Crippen MR) is 87.5 cm³/mol. The highest BCUT2D eigenvalue weighted by Crippen LogP contribution is 2.35. The van der Waals surface area contributed by atoms with Crippen molar-refractivity contribution in [1.29, 1.82) is 0 Å². The van der Waals surface area contributed by atoms with Crippen molar-refractivity contribution in [2.45, 2.75) is 12.3 Å². The summed E-state index contributed by atoms with van der Waals surface area (Å²) in [4.78, 5) is 0. The van der Waals surface area contributed by atoms with Crippen molar-refractivity contribution in [2.75, 3.05) is 27.1 Å². The van der Waals surface area contributed by atoms with Crippen LogP contribution in [-0.2, 0) is 0 Å². The lowest BCUT2D eigenvalue weighted by Crippen LogP contribution is -2.15. The van der Waals surface area contributed by atoms with E-state index in [-0.39, 0.29) is 12.7 Å². The van der Waals surface area contributed by atoms with Crippen LogP contribution in [0.3, 0.4) is 0 Å². The third-order valence-corrected chi connectivity index (χ3v) is 3.95. The van der Waals surface area contributed by atoms with Gasteiger partial charge in [0.1, 0.15) is 11.5 Å². The van der Waals surface area contributed by atoms with Crippen LogP contribution in [0.4, 0.5) is 0 Å². The minimum Gasteiger partial charge on any atom is -0.497 e. The fraction of sp³-hybridized carbons (Fsp3) is 0.333. The Bertz CT molecular complexity index is 642. The largest absolute Gasteiger partial charge is 0.497 e. The maximum atomic E-state index is 5.92. The van der Waals surface area contributed by atoms with Gasteiger partial charge in [0.2, 0.25) is 6.79 Å². The SMILES string of the molecule is COc1ccc(OCCC(CN)c2ccc3c(c2)OCO3)cc1. The molecule has 0 fully saturated rings. The van der Waals surface area contributed by atoms with Gasteiger partial charge in [0.15, 0.2) is 11.5 Å². The lowest BCUT2D eigenvalue weighted by atomic mass is 9.96. The Labute approximate surface area is 135 Å². The third kappa shape index (κ3) is 3.68. The number of methoxy groups -OCH3 is 1. The molecular weight excluding hydrogens is 294 g/mol. The molecule has 3 rings (SSSR count). The average Bonchev–Trinajstić information content (AvgIpc) is 3.07. The van der Waals surface area contributed by atoms with Crippen molar-refractivity contribution in [1.82, 2.24) is 0 Å². The zero-order chi connectivity index (χ0) is 16.1. The molecule has 0 aliphatic carbocycles. The number of hydrogen-bond acceptors (Lipinski definition) is 5. The van der Waals surface area contributed by atoms with E-state index in [1.807, 2.05) is 42.5 Å². The molecule has 5 nitrogen and oxygen atoms in total. The lowest BCUT2D eigenvalue weighted by Gasteiger charge is -2.16. The Morgan fingerprint density at radius 2 is 1.78 bits per heavy atom. The van der Waals surface area contributed by atoms with Crippen molar-refractivity contribution in [3.05, 3.63) is 48.0 Å². The molecule has 0 bridgehead atoms. The number of benzene rings is 2. The highest BCUT2D eigenvalue weighted by Gasteiger charge is 2.17. The van der Waals surface area contributed by atoms with Gasteiger partial charge < -0.3 is 24.7 Å². The first-order valence-corrected chi connectivity index (χ1v) is 7.66. The van der Waals surface area contributed by atoms with E-state index < -0.39 is 0 Å². The Morgan fingerprint density at radius 1 is 1.04 bits per heavy atom. The molecule has 0 radical (unpaired) electrons. The molecule has 0 saturated carbocycles.